The highest BCUT2D eigenvalue weighted by molar-refractivity contribution is 7.94. The molecule has 0 fully saturated rings. The number of sulfone groups is 1. The quantitative estimate of drug-likeness (QED) is 0.465. The fourth-order valence-electron chi connectivity index (χ4n) is 2.71. The molecule has 0 aliphatic carbocycles. The molecule has 0 saturated carbocycles. The highest BCUT2D eigenvalue weighted by Gasteiger charge is 2.26. The van der Waals surface area contributed by atoms with Crippen molar-refractivity contribution in [3.63, 3.8) is 0 Å². The minimum atomic E-state index is -3.42. The molecule has 1 aromatic carbocycles. The van der Waals surface area contributed by atoms with Crippen molar-refractivity contribution in [1.29, 1.82) is 0 Å². The lowest BCUT2D eigenvalue weighted by molar-refractivity contribution is -0.133. The molecule has 0 amide bonds. The van der Waals surface area contributed by atoms with Gasteiger partial charge < -0.3 is 14.8 Å². The Labute approximate surface area is 174 Å². The Morgan fingerprint density at radius 3 is 2.38 bits per heavy atom. The number of rotatable bonds is 9. The van der Waals surface area contributed by atoms with Gasteiger partial charge in [-0.05, 0) is 31.0 Å². The lowest BCUT2D eigenvalue weighted by atomic mass is 10.2. The van der Waals surface area contributed by atoms with E-state index in [2.05, 4.69) is 10.3 Å². The van der Waals surface area contributed by atoms with Crippen molar-refractivity contribution in [3.8, 4) is 11.5 Å². The number of benzene rings is 1. The Hall–Kier alpha value is -2.46. The molecule has 0 atom stereocenters. The van der Waals surface area contributed by atoms with Crippen LogP contribution in [-0.4, -0.2) is 30.6 Å². The van der Waals surface area contributed by atoms with Crippen LogP contribution in [0.4, 0.5) is 5.13 Å². The van der Waals surface area contributed by atoms with Crippen molar-refractivity contribution >= 4 is 38.2 Å². The summed E-state index contributed by atoms with van der Waals surface area (Å²) in [5.41, 5.74) is 0.554. The van der Waals surface area contributed by atoms with Crippen LogP contribution < -0.4 is 14.8 Å². The second-order valence-corrected chi connectivity index (χ2v) is 9.76. The molecule has 0 saturated heterocycles. The van der Waals surface area contributed by atoms with Crippen LogP contribution in [0.2, 0.25) is 0 Å². The average Bonchev–Trinajstić information content (AvgIpc) is 3.11. The molecule has 0 bridgehead atoms. The fourth-order valence-corrected chi connectivity index (χ4v) is 5.77. The lowest BCUT2D eigenvalue weighted by Gasteiger charge is -2.12. The van der Waals surface area contributed by atoms with E-state index in [1.54, 1.807) is 6.07 Å². The number of ether oxygens (including phenoxy) is 2. The minimum Gasteiger partial charge on any atom is -0.427 e. The van der Waals surface area contributed by atoms with E-state index >= 15 is 0 Å². The zero-order valence-corrected chi connectivity index (χ0v) is 18.4. The Kier molecular flexibility index (Phi) is 7.74. The second-order valence-electron chi connectivity index (χ2n) is 6.28. The van der Waals surface area contributed by atoms with Crippen molar-refractivity contribution < 1.29 is 27.5 Å². The molecule has 0 spiro atoms. The van der Waals surface area contributed by atoms with Crippen LogP contribution in [0.25, 0.3) is 0 Å². The summed E-state index contributed by atoms with van der Waals surface area (Å²) < 4.78 is 35.7. The van der Waals surface area contributed by atoms with Crippen LogP contribution in [-0.2, 0) is 26.0 Å². The predicted molar refractivity (Wildman–Crippen MR) is 110 cm³/mol. The number of nitrogens with zero attached hydrogens (tertiary/aromatic N) is 1. The van der Waals surface area contributed by atoms with Crippen LogP contribution in [0.3, 0.4) is 0 Å². The summed E-state index contributed by atoms with van der Waals surface area (Å²) in [4.78, 5) is 26.7. The molecular formula is C19H24N2O6S2. The molecule has 0 aliphatic rings. The lowest BCUT2D eigenvalue weighted by Crippen LogP contribution is -2.18. The van der Waals surface area contributed by atoms with Crippen molar-refractivity contribution in [1.82, 2.24) is 4.98 Å². The number of thiazole rings is 1. The van der Waals surface area contributed by atoms with Gasteiger partial charge in [-0.15, -0.1) is 0 Å². The molecule has 0 unspecified atom stereocenters. The van der Waals surface area contributed by atoms with E-state index in [1.165, 1.54) is 32.2 Å². The molecule has 2 aromatic rings. The first-order valence-corrected chi connectivity index (χ1v) is 11.5. The van der Waals surface area contributed by atoms with Gasteiger partial charge in [-0.3, -0.25) is 9.59 Å². The maximum absolute atomic E-state index is 12.6. The standard InChI is InChI=1S/C19H24N2O6S2/c1-5-16(6-2)29(24,25)18-11-21-19(28-18)20-10-14-9-15(26-12(3)22)7-8-17(14)27-13(4)23/h7-9,11,16H,5-6,10H2,1-4H3,(H,20,21). The highest BCUT2D eigenvalue weighted by Crippen LogP contribution is 2.30. The van der Waals surface area contributed by atoms with Gasteiger partial charge >= 0.3 is 11.9 Å². The molecular weight excluding hydrogens is 416 g/mol. The van der Waals surface area contributed by atoms with E-state index in [4.69, 9.17) is 9.47 Å². The van der Waals surface area contributed by atoms with Crippen LogP contribution in [0.1, 0.15) is 46.1 Å². The minimum absolute atomic E-state index is 0.190. The number of esters is 2. The molecule has 8 nitrogen and oxygen atoms in total. The maximum atomic E-state index is 12.6. The van der Waals surface area contributed by atoms with Crippen LogP contribution >= 0.6 is 11.3 Å². The van der Waals surface area contributed by atoms with Crippen molar-refractivity contribution in [2.24, 2.45) is 0 Å². The van der Waals surface area contributed by atoms with Gasteiger partial charge in [0.1, 0.15) is 15.7 Å². The van der Waals surface area contributed by atoms with Gasteiger partial charge in [0.25, 0.3) is 0 Å². The van der Waals surface area contributed by atoms with Crippen LogP contribution in [0.15, 0.2) is 28.6 Å². The Morgan fingerprint density at radius 2 is 1.79 bits per heavy atom. The predicted octanol–water partition coefficient (Wildman–Crippen LogP) is 3.57. The monoisotopic (exact) mass is 440 g/mol. The number of anilines is 1. The van der Waals surface area contributed by atoms with E-state index in [0.717, 1.165) is 11.3 Å². The number of carbonyl (C=O) groups excluding carboxylic acids is 2. The van der Waals surface area contributed by atoms with Gasteiger partial charge in [0.05, 0.1) is 11.4 Å². The van der Waals surface area contributed by atoms with Gasteiger partial charge in [-0.1, -0.05) is 25.2 Å². The third-order valence-corrected chi connectivity index (χ3v) is 8.00. The van der Waals surface area contributed by atoms with Gasteiger partial charge in [0.15, 0.2) is 15.0 Å². The fraction of sp³-hybridized carbons (Fsp3) is 0.421. The molecule has 10 heteroatoms. The second kappa shape index (κ2) is 9.84. The molecule has 2 rings (SSSR count). The summed E-state index contributed by atoms with van der Waals surface area (Å²) in [7, 11) is -3.42. The summed E-state index contributed by atoms with van der Waals surface area (Å²) >= 11 is 1.05. The number of hydrogen-bond donors (Lipinski definition) is 1. The Bertz CT molecular complexity index is 980. The van der Waals surface area contributed by atoms with Crippen LogP contribution in [0.5, 0.6) is 11.5 Å². The molecule has 0 radical (unpaired) electrons. The SMILES string of the molecule is CCC(CC)S(=O)(=O)c1cnc(NCc2cc(OC(C)=O)ccc2OC(C)=O)s1. The summed E-state index contributed by atoms with van der Waals surface area (Å²) in [6.45, 7) is 6.45. The molecule has 1 heterocycles. The molecule has 29 heavy (non-hydrogen) atoms. The van der Waals surface area contributed by atoms with Crippen molar-refractivity contribution in [3.05, 3.63) is 30.0 Å². The first kappa shape index (κ1) is 22.8. The van der Waals surface area contributed by atoms with E-state index < -0.39 is 27.0 Å². The summed E-state index contributed by atoms with van der Waals surface area (Å²) in [6, 6.07) is 4.62. The first-order valence-electron chi connectivity index (χ1n) is 9.10. The zero-order valence-electron chi connectivity index (χ0n) is 16.7. The topological polar surface area (TPSA) is 112 Å². The van der Waals surface area contributed by atoms with Crippen LogP contribution in [0, 0.1) is 0 Å². The largest absolute Gasteiger partial charge is 0.427 e. The number of nitrogens with one attached hydrogen (secondary N) is 1. The van der Waals surface area contributed by atoms with E-state index in [1.807, 2.05) is 13.8 Å². The van der Waals surface area contributed by atoms with Crippen molar-refractivity contribution in [2.75, 3.05) is 5.32 Å². The number of carbonyl (C=O) groups is 2. The third kappa shape index (κ3) is 6.01. The van der Waals surface area contributed by atoms with E-state index in [0.29, 0.717) is 35.0 Å². The molecule has 0 aliphatic heterocycles. The molecule has 1 N–H and O–H groups in total. The summed E-state index contributed by atoms with van der Waals surface area (Å²) in [6.07, 6.45) is 2.42. The smallest absolute Gasteiger partial charge is 0.308 e. The van der Waals surface area contributed by atoms with Gasteiger partial charge in [0, 0.05) is 26.0 Å². The number of aromatic nitrogens is 1. The summed E-state index contributed by atoms with van der Waals surface area (Å²) in [5.74, 6) is -0.344. The third-order valence-electron chi connectivity index (χ3n) is 4.09. The average molecular weight is 441 g/mol. The molecule has 158 valence electrons. The van der Waals surface area contributed by atoms with Gasteiger partial charge in [0.2, 0.25) is 0 Å². The normalized spacial score (nSPS) is 11.3. The van der Waals surface area contributed by atoms with E-state index in [-0.39, 0.29) is 10.8 Å². The Morgan fingerprint density at radius 1 is 1.14 bits per heavy atom. The summed E-state index contributed by atoms with van der Waals surface area (Å²) in [5, 5.41) is 3.01. The number of hydrogen-bond acceptors (Lipinski definition) is 9. The molecule has 1 aromatic heterocycles. The van der Waals surface area contributed by atoms with Gasteiger partial charge in [-0.2, -0.15) is 0 Å². The van der Waals surface area contributed by atoms with Gasteiger partial charge in [-0.25, -0.2) is 13.4 Å². The zero-order chi connectivity index (χ0) is 21.6. The highest BCUT2D eigenvalue weighted by atomic mass is 32.2. The van der Waals surface area contributed by atoms with Crippen molar-refractivity contribution in [2.45, 2.75) is 56.5 Å². The Balaban J connectivity index is 2.21. The first-order chi connectivity index (χ1) is 13.7. The van der Waals surface area contributed by atoms with E-state index in [9.17, 15) is 18.0 Å². The maximum Gasteiger partial charge on any atom is 0.308 e.